The van der Waals surface area contributed by atoms with Crippen LogP contribution in [0.15, 0.2) is 303 Å². The molecule has 0 N–H and O–H groups in total. The lowest BCUT2D eigenvalue weighted by atomic mass is 10.0. The van der Waals surface area contributed by atoms with Gasteiger partial charge in [0.15, 0.2) is 0 Å². The molecule has 0 aliphatic carbocycles. The maximum absolute atomic E-state index is 2.35. The standard InChI is InChI=1S/C66H50N4/c1-7-23-51(24-8-1)63-35-19-21-37-65(63)69(55-31-15-5-16-32-55)61-47-43-59(44-48-61)67(53-27-11-3-12-28-53)57-39-41-58(42-40-57)68(54-29-13-4-14-30-54)60-45-49-62(50-46-60)70(56-33-17-6-18-34-56)66-38-22-20-36-64(66)52-25-9-2-10-26-52/h1-50H. The van der Waals surface area contributed by atoms with Gasteiger partial charge < -0.3 is 19.6 Å². The van der Waals surface area contributed by atoms with Crippen molar-refractivity contribution in [3.63, 3.8) is 0 Å². The summed E-state index contributed by atoms with van der Waals surface area (Å²) in [5, 5.41) is 0. The molecule has 11 aromatic carbocycles. The first-order valence-electron chi connectivity index (χ1n) is 23.8. The molecule has 70 heavy (non-hydrogen) atoms. The predicted octanol–water partition coefficient (Wildman–Crippen LogP) is 18.9. The van der Waals surface area contributed by atoms with Crippen molar-refractivity contribution in [1.29, 1.82) is 0 Å². The van der Waals surface area contributed by atoms with Gasteiger partial charge in [-0.1, -0.05) is 170 Å². The zero-order valence-electron chi connectivity index (χ0n) is 38.7. The Labute approximate surface area is 411 Å². The predicted molar refractivity (Wildman–Crippen MR) is 296 cm³/mol. The fraction of sp³-hybridized carbons (Fsp3) is 0. The van der Waals surface area contributed by atoms with Crippen LogP contribution in [0.5, 0.6) is 0 Å². The third-order valence-corrected chi connectivity index (χ3v) is 12.6. The zero-order valence-corrected chi connectivity index (χ0v) is 38.7. The summed E-state index contributed by atoms with van der Waals surface area (Å²) < 4.78 is 0. The highest BCUT2D eigenvalue weighted by atomic mass is 15.2. The molecule has 4 heteroatoms. The molecule has 334 valence electrons. The van der Waals surface area contributed by atoms with Gasteiger partial charge in [0, 0.05) is 68.0 Å². The lowest BCUT2D eigenvalue weighted by Gasteiger charge is -2.30. The third-order valence-electron chi connectivity index (χ3n) is 12.6. The molecule has 4 nitrogen and oxygen atoms in total. The zero-order chi connectivity index (χ0) is 46.9. The quantitative estimate of drug-likeness (QED) is 0.108. The summed E-state index contributed by atoms with van der Waals surface area (Å²) >= 11 is 0. The summed E-state index contributed by atoms with van der Waals surface area (Å²) in [7, 11) is 0. The van der Waals surface area contributed by atoms with Gasteiger partial charge in [-0.05, 0) is 145 Å². The van der Waals surface area contributed by atoms with Crippen molar-refractivity contribution < 1.29 is 0 Å². The lowest BCUT2D eigenvalue weighted by Crippen LogP contribution is -2.14. The van der Waals surface area contributed by atoms with Gasteiger partial charge in [-0.3, -0.25) is 0 Å². The third kappa shape index (κ3) is 9.05. The normalized spacial score (nSPS) is 10.9. The van der Waals surface area contributed by atoms with E-state index in [4.69, 9.17) is 0 Å². The molecular weight excluding hydrogens is 849 g/mol. The van der Waals surface area contributed by atoms with Gasteiger partial charge in [-0.2, -0.15) is 0 Å². The van der Waals surface area contributed by atoms with E-state index in [2.05, 4.69) is 323 Å². The average molecular weight is 899 g/mol. The van der Waals surface area contributed by atoms with E-state index in [0.29, 0.717) is 0 Å². The molecule has 0 radical (unpaired) electrons. The highest BCUT2D eigenvalue weighted by Crippen LogP contribution is 2.45. The van der Waals surface area contributed by atoms with Crippen LogP contribution in [0.4, 0.5) is 68.2 Å². The van der Waals surface area contributed by atoms with Crippen LogP contribution in [-0.2, 0) is 0 Å². The van der Waals surface area contributed by atoms with E-state index in [-0.39, 0.29) is 0 Å². The maximum Gasteiger partial charge on any atom is 0.0540 e. The van der Waals surface area contributed by atoms with Crippen LogP contribution in [0.1, 0.15) is 0 Å². The van der Waals surface area contributed by atoms with E-state index in [9.17, 15) is 0 Å². The highest BCUT2D eigenvalue weighted by Gasteiger charge is 2.21. The molecule has 0 saturated heterocycles. The van der Waals surface area contributed by atoms with E-state index in [1.165, 1.54) is 22.3 Å². The number of hydrogen-bond donors (Lipinski definition) is 0. The molecule has 11 aromatic rings. The van der Waals surface area contributed by atoms with Crippen LogP contribution in [-0.4, -0.2) is 0 Å². The van der Waals surface area contributed by atoms with E-state index < -0.39 is 0 Å². The molecule has 0 bridgehead atoms. The minimum Gasteiger partial charge on any atom is -0.311 e. The molecule has 0 heterocycles. The molecule has 0 atom stereocenters. The Kier molecular flexibility index (Phi) is 12.5. The van der Waals surface area contributed by atoms with Gasteiger partial charge in [0.2, 0.25) is 0 Å². The Morgan fingerprint density at radius 2 is 0.329 bits per heavy atom. The first-order chi connectivity index (χ1) is 34.8. The largest absolute Gasteiger partial charge is 0.311 e. The second-order valence-corrected chi connectivity index (χ2v) is 17.0. The molecule has 0 spiro atoms. The Morgan fingerprint density at radius 1 is 0.143 bits per heavy atom. The lowest BCUT2D eigenvalue weighted by molar-refractivity contribution is 1.24. The van der Waals surface area contributed by atoms with Gasteiger partial charge in [0.25, 0.3) is 0 Å². The monoisotopic (exact) mass is 898 g/mol. The summed E-state index contributed by atoms with van der Waals surface area (Å²) in [6.45, 7) is 0. The average Bonchev–Trinajstić information content (AvgIpc) is 3.44. The van der Waals surface area contributed by atoms with Gasteiger partial charge >= 0.3 is 0 Å². The van der Waals surface area contributed by atoms with Gasteiger partial charge in [0.05, 0.1) is 11.4 Å². The number of benzene rings is 11. The van der Waals surface area contributed by atoms with Crippen molar-refractivity contribution in [3.8, 4) is 22.3 Å². The van der Waals surface area contributed by atoms with Gasteiger partial charge in [0.1, 0.15) is 0 Å². The van der Waals surface area contributed by atoms with Crippen LogP contribution in [0.25, 0.3) is 22.3 Å². The molecule has 0 aromatic heterocycles. The van der Waals surface area contributed by atoms with Crippen LogP contribution in [0.2, 0.25) is 0 Å². The second kappa shape index (κ2) is 20.2. The molecule has 0 fully saturated rings. The minimum absolute atomic E-state index is 1.05. The van der Waals surface area contributed by atoms with Crippen LogP contribution >= 0.6 is 0 Å². The summed E-state index contributed by atoms with van der Waals surface area (Å²) in [6.07, 6.45) is 0. The maximum atomic E-state index is 2.35. The topological polar surface area (TPSA) is 13.0 Å². The molecule has 0 saturated carbocycles. The van der Waals surface area contributed by atoms with Crippen LogP contribution in [0.3, 0.4) is 0 Å². The molecule has 11 rings (SSSR count). The fourth-order valence-corrected chi connectivity index (χ4v) is 9.37. The molecule has 0 unspecified atom stereocenters. The minimum atomic E-state index is 1.05. The number of anilines is 12. The fourth-order valence-electron chi connectivity index (χ4n) is 9.37. The van der Waals surface area contributed by atoms with Crippen LogP contribution < -0.4 is 19.6 Å². The van der Waals surface area contributed by atoms with Crippen molar-refractivity contribution >= 4 is 68.2 Å². The molecule has 0 amide bonds. The van der Waals surface area contributed by atoms with Gasteiger partial charge in [-0.15, -0.1) is 0 Å². The van der Waals surface area contributed by atoms with Crippen molar-refractivity contribution in [2.45, 2.75) is 0 Å². The van der Waals surface area contributed by atoms with Crippen molar-refractivity contribution in [1.82, 2.24) is 0 Å². The second-order valence-electron chi connectivity index (χ2n) is 17.0. The van der Waals surface area contributed by atoms with E-state index >= 15 is 0 Å². The summed E-state index contributed by atoms with van der Waals surface area (Å²) in [5.41, 5.74) is 17.6. The Balaban J connectivity index is 0.946. The first kappa shape index (κ1) is 43.2. The summed E-state index contributed by atoms with van der Waals surface area (Å²) in [4.78, 5) is 9.35. The summed E-state index contributed by atoms with van der Waals surface area (Å²) in [5.74, 6) is 0. The van der Waals surface area contributed by atoms with Gasteiger partial charge in [-0.25, -0.2) is 0 Å². The number of rotatable bonds is 14. The van der Waals surface area contributed by atoms with Crippen molar-refractivity contribution in [2.24, 2.45) is 0 Å². The van der Waals surface area contributed by atoms with E-state index in [0.717, 1.165) is 68.2 Å². The Bertz CT molecular complexity index is 3150. The summed E-state index contributed by atoms with van der Waals surface area (Å²) in [6, 6.07) is 108. The number of para-hydroxylation sites is 6. The Morgan fingerprint density at radius 3 is 0.600 bits per heavy atom. The number of nitrogens with zero attached hydrogens (tertiary/aromatic N) is 4. The SMILES string of the molecule is c1ccc(-c2ccccc2N(c2ccccc2)c2ccc(N(c3ccccc3)c3ccc(N(c4ccccc4)c4ccc(N(c5ccccc5)c5ccccc5-c5ccccc5)cc4)cc3)cc2)cc1. The molecular formula is C66H50N4. The van der Waals surface area contributed by atoms with E-state index in [1.807, 2.05) is 0 Å². The van der Waals surface area contributed by atoms with Crippen molar-refractivity contribution in [2.75, 3.05) is 19.6 Å². The number of hydrogen-bond acceptors (Lipinski definition) is 4. The Hall–Kier alpha value is -9.38. The van der Waals surface area contributed by atoms with Crippen molar-refractivity contribution in [3.05, 3.63) is 303 Å². The van der Waals surface area contributed by atoms with Crippen LogP contribution in [0, 0.1) is 0 Å². The molecule has 0 aliphatic rings. The first-order valence-corrected chi connectivity index (χ1v) is 23.8. The highest BCUT2D eigenvalue weighted by molar-refractivity contribution is 5.91. The smallest absolute Gasteiger partial charge is 0.0540 e. The molecule has 0 aliphatic heterocycles. The van der Waals surface area contributed by atoms with E-state index in [1.54, 1.807) is 0 Å².